The second kappa shape index (κ2) is 4.79. The summed E-state index contributed by atoms with van der Waals surface area (Å²) in [7, 11) is 0. The number of nitrogens with one attached hydrogen (secondary N) is 1. The molecule has 0 aromatic carbocycles. The molecule has 0 aromatic rings. The lowest BCUT2D eigenvalue weighted by Gasteiger charge is -2.24. The largest absolute Gasteiger partial charge is 0.341 e. The van der Waals surface area contributed by atoms with E-state index in [2.05, 4.69) is 11.9 Å². The van der Waals surface area contributed by atoms with Crippen molar-refractivity contribution in [3.05, 3.63) is 12.7 Å². The normalized spacial score (nSPS) is 30.0. The van der Waals surface area contributed by atoms with Crippen LogP contribution >= 0.6 is 0 Å². The number of fused-ring (bicyclic) bond motifs is 1. The molecule has 2 fully saturated rings. The molecule has 1 N–H and O–H groups in total. The van der Waals surface area contributed by atoms with Gasteiger partial charge in [0.15, 0.2) is 0 Å². The second-order valence-corrected chi connectivity index (χ2v) is 4.59. The Morgan fingerprint density at radius 1 is 1.53 bits per heavy atom. The molecule has 0 saturated carbocycles. The van der Waals surface area contributed by atoms with Gasteiger partial charge >= 0.3 is 0 Å². The van der Waals surface area contributed by atoms with Crippen molar-refractivity contribution in [3.63, 3.8) is 0 Å². The maximum absolute atomic E-state index is 11.8. The molecular formula is C12H20N2O. The fraction of sp³-hybridized carbons (Fsp3) is 0.750. The molecular weight excluding hydrogens is 188 g/mol. The standard InChI is InChI=1S/C12H20N2O/c1-2-3-6-12(15)14-8-10-5-4-7-13-11(10)9-14/h2,10-11,13H,1,3-9H2/t10-,11+/m0/s1. The first-order valence-corrected chi connectivity index (χ1v) is 5.93. The minimum absolute atomic E-state index is 0.297. The monoisotopic (exact) mass is 208 g/mol. The average Bonchev–Trinajstić information content (AvgIpc) is 2.69. The van der Waals surface area contributed by atoms with Crippen LogP contribution in [0.5, 0.6) is 0 Å². The summed E-state index contributed by atoms with van der Waals surface area (Å²) in [5, 5.41) is 3.51. The highest BCUT2D eigenvalue weighted by molar-refractivity contribution is 5.76. The lowest BCUT2D eigenvalue weighted by Crippen LogP contribution is -2.41. The number of likely N-dealkylation sites (tertiary alicyclic amines) is 1. The van der Waals surface area contributed by atoms with Gasteiger partial charge in [0.25, 0.3) is 0 Å². The van der Waals surface area contributed by atoms with Crippen molar-refractivity contribution in [2.45, 2.75) is 31.7 Å². The number of amides is 1. The molecule has 2 rings (SSSR count). The van der Waals surface area contributed by atoms with Crippen LogP contribution in [0.25, 0.3) is 0 Å². The lowest BCUT2D eigenvalue weighted by atomic mass is 9.94. The van der Waals surface area contributed by atoms with E-state index in [1.807, 2.05) is 11.0 Å². The minimum atomic E-state index is 0.297. The van der Waals surface area contributed by atoms with E-state index in [1.54, 1.807) is 0 Å². The van der Waals surface area contributed by atoms with Crippen LogP contribution in [0.4, 0.5) is 0 Å². The van der Waals surface area contributed by atoms with Gasteiger partial charge in [-0.3, -0.25) is 4.79 Å². The second-order valence-electron chi connectivity index (χ2n) is 4.59. The molecule has 15 heavy (non-hydrogen) atoms. The minimum Gasteiger partial charge on any atom is -0.341 e. The molecule has 3 nitrogen and oxygen atoms in total. The van der Waals surface area contributed by atoms with Crippen LogP contribution in [-0.2, 0) is 4.79 Å². The number of hydrogen-bond donors (Lipinski definition) is 1. The molecule has 0 unspecified atom stereocenters. The molecule has 0 bridgehead atoms. The fourth-order valence-electron chi connectivity index (χ4n) is 2.63. The van der Waals surface area contributed by atoms with Crippen molar-refractivity contribution < 1.29 is 4.79 Å². The fourth-order valence-corrected chi connectivity index (χ4v) is 2.63. The number of piperidine rings is 1. The van der Waals surface area contributed by atoms with Gasteiger partial charge in [0.2, 0.25) is 5.91 Å². The van der Waals surface area contributed by atoms with Crippen LogP contribution in [0.3, 0.4) is 0 Å². The molecule has 0 radical (unpaired) electrons. The smallest absolute Gasteiger partial charge is 0.222 e. The first kappa shape index (κ1) is 10.7. The Hall–Kier alpha value is -0.830. The van der Waals surface area contributed by atoms with Gasteiger partial charge in [-0.05, 0) is 31.7 Å². The van der Waals surface area contributed by atoms with E-state index in [0.29, 0.717) is 24.3 Å². The van der Waals surface area contributed by atoms with Gasteiger partial charge in [0, 0.05) is 25.6 Å². The number of rotatable bonds is 3. The van der Waals surface area contributed by atoms with E-state index < -0.39 is 0 Å². The Kier molecular flexibility index (Phi) is 3.41. The van der Waals surface area contributed by atoms with Crippen molar-refractivity contribution in [1.29, 1.82) is 0 Å². The van der Waals surface area contributed by atoms with Gasteiger partial charge in [-0.1, -0.05) is 6.08 Å². The Labute approximate surface area is 91.5 Å². The van der Waals surface area contributed by atoms with Crippen LogP contribution in [0.2, 0.25) is 0 Å². The van der Waals surface area contributed by atoms with E-state index in [0.717, 1.165) is 26.1 Å². The van der Waals surface area contributed by atoms with Gasteiger partial charge in [0.1, 0.15) is 0 Å². The summed E-state index contributed by atoms with van der Waals surface area (Å²) in [6, 6.07) is 0.562. The molecule has 3 heteroatoms. The highest BCUT2D eigenvalue weighted by atomic mass is 16.2. The Bertz CT molecular complexity index is 238. The number of carbonyl (C=O) groups excluding carboxylic acids is 1. The van der Waals surface area contributed by atoms with Crippen molar-refractivity contribution >= 4 is 5.91 Å². The first-order valence-electron chi connectivity index (χ1n) is 5.93. The summed E-state index contributed by atoms with van der Waals surface area (Å²) in [6.07, 6.45) is 5.79. The van der Waals surface area contributed by atoms with E-state index >= 15 is 0 Å². The quantitative estimate of drug-likeness (QED) is 0.706. The molecule has 2 heterocycles. The van der Waals surface area contributed by atoms with Crippen molar-refractivity contribution in [2.24, 2.45) is 5.92 Å². The predicted molar refractivity (Wildman–Crippen MR) is 60.5 cm³/mol. The number of hydrogen-bond acceptors (Lipinski definition) is 2. The Morgan fingerprint density at radius 3 is 3.13 bits per heavy atom. The Balaban J connectivity index is 1.85. The Morgan fingerprint density at radius 2 is 2.40 bits per heavy atom. The molecule has 2 aliphatic heterocycles. The lowest BCUT2D eigenvalue weighted by molar-refractivity contribution is -0.130. The van der Waals surface area contributed by atoms with Gasteiger partial charge in [0.05, 0.1) is 0 Å². The van der Waals surface area contributed by atoms with Crippen LogP contribution in [0.15, 0.2) is 12.7 Å². The molecule has 1 amide bonds. The van der Waals surface area contributed by atoms with Crippen LogP contribution in [0, 0.1) is 5.92 Å². The highest BCUT2D eigenvalue weighted by Gasteiger charge is 2.35. The van der Waals surface area contributed by atoms with E-state index in [4.69, 9.17) is 0 Å². The van der Waals surface area contributed by atoms with Crippen LogP contribution < -0.4 is 5.32 Å². The summed E-state index contributed by atoms with van der Waals surface area (Å²) in [4.78, 5) is 13.8. The van der Waals surface area contributed by atoms with Crippen LogP contribution in [0.1, 0.15) is 25.7 Å². The maximum Gasteiger partial charge on any atom is 0.222 e. The zero-order chi connectivity index (χ0) is 10.7. The van der Waals surface area contributed by atoms with Gasteiger partial charge in [-0.2, -0.15) is 0 Å². The summed E-state index contributed by atoms with van der Waals surface area (Å²) >= 11 is 0. The summed E-state index contributed by atoms with van der Waals surface area (Å²) in [6.45, 7) is 6.65. The van der Waals surface area contributed by atoms with E-state index in [1.165, 1.54) is 12.8 Å². The number of carbonyl (C=O) groups is 1. The first-order chi connectivity index (χ1) is 7.31. The topological polar surface area (TPSA) is 32.3 Å². The third kappa shape index (κ3) is 2.40. The third-order valence-electron chi connectivity index (χ3n) is 3.51. The van der Waals surface area contributed by atoms with E-state index in [-0.39, 0.29) is 0 Å². The van der Waals surface area contributed by atoms with Crippen LogP contribution in [-0.4, -0.2) is 36.5 Å². The highest BCUT2D eigenvalue weighted by Crippen LogP contribution is 2.25. The predicted octanol–water partition coefficient (Wildman–Crippen LogP) is 1.16. The molecule has 2 atom stereocenters. The SMILES string of the molecule is C=CCCC(=O)N1C[C@@H]2CCCN[C@@H]2C1. The number of nitrogens with zero attached hydrogens (tertiary/aromatic N) is 1. The van der Waals surface area contributed by atoms with Gasteiger partial charge in [-0.15, -0.1) is 6.58 Å². The molecule has 2 aliphatic rings. The zero-order valence-corrected chi connectivity index (χ0v) is 9.24. The number of allylic oxidation sites excluding steroid dienone is 1. The summed E-state index contributed by atoms with van der Waals surface area (Å²) < 4.78 is 0. The van der Waals surface area contributed by atoms with E-state index in [9.17, 15) is 4.79 Å². The molecule has 0 aromatic heterocycles. The van der Waals surface area contributed by atoms with Crippen molar-refractivity contribution in [3.8, 4) is 0 Å². The average molecular weight is 208 g/mol. The molecule has 2 saturated heterocycles. The molecule has 0 aliphatic carbocycles. The molecule has 0 spiro atoms. The summed E-state index contributed by atoms with van der Waals surface area (Å²) in [5.41, 5.74) is 0. The molecule has 84 valence electrons. The van der Waals surface area contributed by atoms with Gasteiger partial charge < -0.3 is 10.2 Å². The van der Waals surface area contributed by atoms with Crippen molar-refractivity contribution in [2.75, 3.05) is 19.6 Å². The third-order valence-corrected chi connectivity index (χ3v) is 3.51. The van der Waals surface area contributed by atoms with Crippen molar-refractivity contribution in [1.82, 2.24) is 10.2 Å². The zero-order valence-electron chi connectivity index (χ0n) is 9.24. The summed E-state index contributed by atoms with van der Waals surface area (Å²) in [5.74, 6) is 0.998. The van der Waals surface area contributed by atoms with Gasteiger partial charge in [-0.25, -0.2) is 0 Å². The maximum atomic E-state index is 11.8.